The molecule has 1 saturated heterocycles. The first kappa shape index (κ1) is 15.8. The van der Waals surface area contributed by atoms with E-state index in [1.807, 2.05) is 0 Å². The van der Waals surface area contributed by atoms with Crippen molar-refractivity contribution in [3.05, 3.63) is 0 Å². The summed E-state index contributed by atoms with van der Waals surface area (Å²) in [4.78, 5) is 2.86. The Morgan fingerprint density at radius 3 is 2.52 bits per heavy atom. The van der Waals surface area contributed by atoms with Gasteiger partial charge in [-0.15, -0.1) is 0 Å². The molecule has 1 heterocycles. The van der Waals surface area contributed by atoms with Crippen molar-refractivity contribution in [1.29, 1.82) is 0 Å². The van der Waals surface area contributed by atoms with E-state index >= 15 is 0 Å². The van der Waals surface area contributed by atoms with E-state index in [1.54, 1.807) is 0 Å². The van der Waals surface area contributed by atoms with Crippen LogP contribution in [0.25, 0.3) is 0 Å². The Labute approximate surface area is 131 Å². The third-order valence-corrected chi connectivity index (χ3v) is 7.14. The summed E-state index contributed by atoms with van der Waals surface area (Å²) in [6.07, 6.45) is 12.9. The second kappa shape index (κ2) is 6.58. The Kier molecular flexibility index (Phi) is 4.95. The highest BCUT2D eigenvalue weighted by Gasteiger charge is 2.44. The SMILES string of the molecule is CC(C)C1CCCC(CN)(N2CCC3CCCCC3C2)C1. The summed E-state index contributed by atoms with van der Waals surface area (Å²) < 4.78 is 0. The largest absolute Gasteiger partial charge is 0.329 e. The minimum atomic E-state index is 0.343. The summed E-state index contributed by atoms with van der Waals surface area (Å²) >= 11 is 0. The van der Waals surface area contributed by atoms with Crippen LogP contribution in [0.5, 0.6) is 0 Å². The third kappa shape index (κ3) is 3.17. The molecule has 4 atom stereocenters. The van der Waals surface area contributed by atoms with Gasteiger partial charge in [-0.1, -0.05) is 46.0 Å². The molecule has 2 saturated carbocycles. The molecule has 2 nitrogen and oxygen atoms in total. The summed E-state index contributed by atoms with van der Waals surface area (Å²) in [6, 6.07) is 0. The van der Waals surface area contributed by atoms with Gasteiger partial charge in [-0.25, -0.2) is 0 Å². The van der Waals surface area contributed by atoms with Crippen molar-refractivity contribution in [1.82, 2.24) is 4.90 Å². The highest BCUT2D eigenvalue weighted by molar-refractivity contribution is 5.00. The summed E-state index contributed by atoms with van der Waals surface area (Å²) in [5.41, 5.74) is 6.70. The number of fused-ring (bicyclic) bond motifs is 1. The van der Waals surface area contributed by atoms with Gasteiger partial charge in [0, 0.05) is 18.6 Å². The Hall–Kier alpha value is -0.0800. The van der Waals surface area contributed by atoms with Crippen molar-refractivity contribution in [2.24, 2.45) is 29.4 Å². The van der Waals surface area contributed by atoms with E-state index in [0.717, 1.165) is 30.2 Å². The first-order valence-corrected chi connectivity index (χ1v) is 9.60. The molecule has 2 heteroatoms. The van der Waals surface area contributed by atoms with E-state index in [0.29, 0.717) is 5.54 Å². The van der Waals surface area contributed by atoms with Gasteiger partial charge in [-0.3, -0.25) is 4.90 Å². The second-order valence-corrected chi connectivity index (χ2v) is 8.57. The Balaban J connectivity index is 1.70. The Morgan fingerprint density at radius 2 is 1.81 bits per heavy atom. The van der Waals surface area contributed by atoms with Gasteiger partial charge in [-0.05, 0) is 55.9 Å². The standard InChI is InChI=1S/C19H36N2/c1-15(2)17-8-5-10-19(12-17,14-20)21-11-9-16-6-3-4-7-18(16)13-21/h15-18H,3-14,20H2,1-2H3. The van der Waals surface area contributed by atoms with Crippen molar-refractivity contribution in [3.8, 4) is 0 Å². The van der Waals surface area contributed by atoms with Gasteiger partial charge in [-0.2, -0.15) is 0 Å². The lowest BCUT2D eigenvalue weighted by Crippen LogP contribution is -2.60. The van der Waals surface area contributed by atoms with Gasteiger partial charge in [0.05, 0.1) is 0 Å². The van der Waals surface area contributed by atoms with Crippen molar-refractivity contribution >= 4 is 0 Å². The number of hydrogen-bond donors (Lipinski definition) is 1. The molecule has 2 N–H and O–H groups in total. The number of piperidine rings is 1. The molecule has 3 fully saturated rings. The van der Waals surface area contributed by atoms with Gasteiger partial charge in [0.25, 0.3) is 0 Å². The molecule has 0 aromatic rings. The van der Waals surface area contributed by atoms with E-state index in [2.05, 4.69) is 18.7 Å². The van der Waals surface area contributed by atoms with Crippen LogP contribution in [0.1, 0.15) is 71.6 Å². The monoisotopic (exact) mass is 292 g/mol. The zero-order chi connectivity index (χ0) is 14.9. The molecular formula is C19H36N2. The lowest BCUT2D eigenvalue weighted by molar-refractivity contribution is -0.0280. The number of likely N-dealkylation sites (tertiary alicyclic amines) is 1. The molecule has 122 valence electrons. The minimum Gasteiger partial charge on any atom is -0.329 e. The van der Waals surface area contributed by atoms with Gasteiger partial charge in [0.15, 0.2) is 0 Å². The van der Waals surface area contributed by atoms with E-state index in [9.17, 15) is 0 Å². The number of nitrogens with zero attached hydrogens (tertiary/aromatic N) is 1. The maximum absolute atomic E-state index is 6.36. The van der Waals surface area contributed by atoms with Gasteiger partial charge < -0.3 is 5.73 Å². The molecule has 0 spiro atoms. The predicted octanol–water partition coefficient (Wildman–Crippen LogP) is 4.04. The van der Waals surface area contributed by atoms with Crippen LogP contribution in [-0.4, -0.2) is 30.1 Å². The average Bonchev–Trinajstić information content (AvgIpc) is 2.54. The molecule has 0 aromatic carbocycles. The molecule has 1 aliphatic heterocycles. The topological polar surface area (TPSA) is 29.3 Å². The minimum absolute atomic E-state index is 0.343. The molecule has 3 rings (SSSR count). The van der Waals surface area contributed by atoms with Crippen molar-refractivity contribution in [3.63, 3.8) is 0 Å². The highest BCUT2D eigenvalue weighted by atomic mass is 15.2. The van der Waals surface area contributed by atoms with Gasteiger partial charge in [0.2, 0.25) is 0 Å². The van der Waals surface area contributed by atoms with Crippen LogP contribution in [0.15, 0.2) is 0 Å². The Bertz CT molecular complexity index is 340. The number of hydrogen-bond acceptors (Lipinski definition) is 2. The predicted molar refractivity (Wildman–Crippen MR) is 90.2 cm³/mol. The van der Waals surface area contributed by atoms with E-state index in [-0.39, 0.29) is 0 Å². The van der Waals surface area contributed by atoms with Gasteiger partial charge >= 0.3 is 0 Å². The molecule has 4 unspecified atom stereocenters. The van der Waals surface area contributed by atoms with Crippen molar-refractivity contribution in [2.75, 3.05) is 19.6 Å². The quantitative estimate of drug-likeness (QED) is 0.850. The van der Waals surface area contributed by atoms with Crippen molar-refractivity contribution in [2.45, 2.75) is 77.2 Å². The summed E-state index contributed by atoms with van der Waals surface area (Å²) in [5.74, 6) is 3.74. The fraction of sp³-hybridized carbons (Fsp3) is 1.00. The van der Waals surface area contributed by atoms with E-state index < -0.39 is 0 Å². The summed E-state index contributed by atoms with van der Waals surface area (Å²) in [5, 5.41) is 0. The number of rotatable bonds is 3. The second-order valence-electron chi connectivity index (χ2n) is 8.57. The van der Waals surface area contributed by atoms with Crippen LogP contribution >= 0.6 is 0 Å². The van der Waals surface area contributed by atoms with Crippen LogP contribution in [0.2, 0.25) is 0 Å². The first-order chi connectivity index (χ1) is 10.1. The van der Waals surface area contributed by atoms with Crippen LogP contribution in [0, 0.1) is 23.7 Å². The fourth-order valence-corrected chi connectivity index (χ4v) is 5.59. The maximum atomic E-state index is 6.36. The molecule has 3 aliphatic rings. The van der Waals surface area contributed by atoms with Crippen LogP contribution < -0.4 is 5.73 Å². The Morgan fingerprint density at radius 1 is 1.05 bits per heavy atom. The fourth-order valence-electron chi connectivity index (χ4n) is 5.59. The summed E-state index contributed by atoms with van der Waals surface area (Å²) in [7, 11) is 0. The molecular weight excluding hydrogens is 256 g/mol. The van der Waals surface area contributed by atoms with Gasteiger partial charge in [0.1, 0.15) is 0 Å². The zero-order valence-electron chi connectivity index (χ0n) is 14.3. The lowest BCUT2D eigenvalue weighted by atomic mass is 9.68. The average molecular weight is 293 g/mol. The normalized spacial score (nSPS) is 42.0. The molecule has 21 heavy (non-hydrogen) atoms. The van der Waals surface area contributed by atoms with E-state index in [1.165, 1.54) is 70.9 Å². The zero-order valence-corrected chi connectivity index (χ0v) is 14.3. The van der Waals surface area contributed by atoms with Crippen LogP contribution in [0.3, 0.4) is 0 Å². The molecule has 0 radical (unpaired) electrons. The molecule has 0 bridgehead atoms. The van der Waals surface area contributed by atoms with E-state index in [4.69, 9.17) is 5.73 Å². The maximum Gasteiger partial charge on any atom is 0.0334 e. The smallest absolute Gasteiger partial charge is 0.0334 e. The highest BCUT2D eigenvalue weighted by Crippen LogP contribution is 2.44. The molecule has 0 amide bonds. The lowest BCUT2D eigenvalue weighted by Gasteiger charge is -2.53. The molecule has 2 aliphatic carbocycles. The van der Waals surface area contributed by atoms with Crippen LogP contribution in [0.4, 0.5) is 0 Å². The molecule has 0 aromatic heterocycles. The van der Waals surface area contributed by atoms with Crippen LogP contribution in [-0.2, 0) is 0 Å². The number of nitrogens with two attached hydrogens (primary N) is 1. The third-order valence-electron chi connectivity index (χ3n) is 7.14. The first-order valence-electron chi connectivity index (χ1n) is 9.60. The summed E-state index contributed by atoms with van der Waals surface area (Å²) in [6.45, 7) is 8.37. The van der Waals surface area contributed by atoms with Crippen molar-refractivity contribution < 1.29 is 0 Å².